The smallest absolute Gasteiger partial charge is 0.311 e. The molecule has 0 rings (SSSR count). The maximum atomic E-state index is 10.9. The number of hydrogen-bond donors (Lipinski definition) is 1. The lowest BCUT2D eigenvalue weighted by molar-refractivity contribution is -0.144. The SMILES string of the molecule is CC(C)NC(=O)C(=O)N(C)C. The lowest BCUT2D eigenvalue weighted by Gasteiger charge is -2.11. The second-order valence-corrected chi connectivity index (χ2v) is 2.83. The summed E-state index contributed by atoms with van der Waals surface area (Å²) >= 11 is 0. The zero-order chi connectivity index (χ0) is 9.02. The number of hydrogen-bond acceptors (Lipinski definition) is 2. The summed E-state index contributed by atoms with van der Waals surface area (Å²) in [6.45, 7) is 3.61. The maximum absolute atomic E-state index is 10.9. The van der Waals surface area contributed by atoms with E-state index in [2.05, 4.69) is 5.32 Å². The first-order valence-corrected chi connectivity index (χ1v) is 3.47. The molecule has 1 N–H and O–H groups in total. The molecule has 0 spiro atoms. The Balaban J connectivity index is 3.94. The van der Waals surface area contributed by atoms with Gasteiger partial charge in [0.2, 0.25) is 0 Å². The minimum absolute atomic E-state index is 0.00593. The van der Waals surface area contributed by atoms with Crippen LogP contribution in [-0.2, 0) is 9.59 Å². The van der Waals surface area contributed by atoms with E-state index >= 15 is 0 Å². The van der Waals surface area contributed by atoms with Crippen molar-refractivity contribution < 1.29 is 9.59 Å². The molecule has 0 aliphatic rings. The summed E-state index contributed by atoms with van der Waals surface area (Å²) in [5, 5.41) is 2.49. The van der Waals surface area contributed by atoms with Gasteiger partial charge in [-0.3, -0.25) is 9.59 Å². The van der Waals surface area contributed by atoms with E-state index in [1.165, 1.54) is 4.90 Å². The zero-order valence-corrected chi connectivity index (χ0v) is 7.34. The Morgan fingerprint density at radius 3 is 2.00 bits per heavy atom. The third-order valence-electron chi connectivity index (χ3n) is 1.02. The summed E-state index contributed by atoms with van der Waals surface area (Å²) in [5.74, 6) is -1.07. The van der Waals surface area contributed by atoms with Crippen LogP contribution in [-0.4, -0.2) is 36.9 Å². The summed E-state index contributed by atoms with van der Waals surface area (Å²) in [7, 11) is 3.09. The molecule has 0 heterocycles. The van der Waals surface area contributed by atoms with Crippen molar-refractivity contribution in [1.29, 1.82) is 0 Å². The zero-order valence-electron chi connectivity index (χ0n) is 7.34. The Morgan fingerprint density at radius 2 is 1.73 bits per heavy atom. The van der Waals surface area contributed by atoms with E-state index in [4.69, 9.17) is 0 Å². The van der Waals surface area contributed by atoms with E-state index < -0.39 is 11.8 Å². The molecule has 0 fully saturated rings. The molecular formula is C7H14N2O2. The highest BCUT2D eigenvalue weighted by atomic mass is 16.2. The van der Waals surface area contributed by atoms with Crippen molar-refractivity contribution >= 4 is 11.8 Å². The number of rotatable bonds is 1. The fraction of sp³-hybridized carbons (Fsp3) is 0.714. The van der Waals surface area contributed by atoms with Crippen LogP contribution in [0.2, 0.25) is 0 Å². The summed E-state index contributed by atoms with van der Waals surface area (Å²) in [4.78, 5) is 23.0. The number of likely N-dealkylation sites (N-methyl/N-ethyl adjacent to an activating group) is 1. The summed E-state index contributed by atoms with van der Waals surface area (Å²) in [6.07, 6.45) is 0. The highest BCUT2D eigenvalue weighted by Crippen LogP contribution is 1.81. The van der Waals surface area contributed by atoms with Crippen LogP contribution < -0.4 is 5.32 Å². The van der Waals surface area contributed by atoms with Crippen LogP contribution >= 0.6 is 0 Å². The third kappa shape index (κ3) is 3.60. The number of nitrogens with one attached hydrogen (secondary N) is 1. The quantitative estimate of drug-likeness (QED) is 0.528. The largest absolute Gasteiger partial charge is 0.346 e. The normalized spacial score (nSPS) is 9.55. The summed E-state index contributed by atoms with van der Waals surface area (Å²) in [5.41, 5.74) is 0. The van der Waals surface area contributed by atoms with Crippen LogP contribution in [0.25, 0.3) is 0 Å². The van der Waals surface area contributed by atoms with Gasteiger partial charge in [-0.2, -0.15) is 0 Å². The molecule has 0 aromatic carbocycles. The average Bonchev–Trinajstić information content (AvgIpc) is 1.84. The van der Waals surface area contributed by atoms with Crippen molar-refractivity contribution in [3.05, 3.63) is 0 Å². The van der Waals surface area contributed by atoms with Gasteiger partial charge in [0.15, 0.2) is 0 Å². The molecule has 4 heteroatoms. The number of nitrogens with zero attached hydrogens (tertiary/aromatic N) is 1. The second-order valence-electron chi connectivity index (χ2n) is 2.83. The molecule has 0 aromatic heterocycles. The monoisotopic (exact) mass is 158 g/mol. The molecular weight excluding hydrogens is 144 g/mol. The minimum Gasteiger partial charge on any atom is -0.346 e. The highest BCUT2D eigenvalue weighted by molar-refractivity contribution is 6.34. The molecule has 0 saturated heterocycles. The van der Waals surface area contributed by atoms with Gasteiger partial charge in [-0.05, 0) is 13.8 Å². The molecule has 0 aliphatic heterocycles. The van der Waals surface area contributed by atoms with E-state index in [9.17, 15) is 9.59 Å². The van der Waals surface area contributed by atoms with Gasteiger partial charge >= 0.3 is 11.8 Å². The van der Waals surface area contributed by atoms with Crippen molar-refractivity contribution in [2.75, 3.05) is 14.1 Å². The van der Waals surface area contributed by atoms with Crippen LogP contribution in [0.5, 0.6) is 0 Å². The van der Waals surface area contributed by atoms with E-state index in [-0.39, 0.29) is 6.04 Å². The van der Waals surface area contributed by atoms with Gasteiger partial charge < -0.3 is 10.2 Å². The number of carbonyl (C=O) groups excluding carboxylic acids is 2. The first-order chi connectivity index (χ1) is 4.95. The molecule has 0 bridgehead atoms. The molecule has 11 heavy (non-hydrogen) atoms. The Kier molecular flexibility index (Phi) is 3.57. The molecule has 0 aromatic rings. The molecule has 64 valence electrons. The Hall–Kier alpha value is -1.06. The summed E-state index contributed by atoms with van der Waals surface area (Å²) < 4.78 is 0. The van der Waals surface area contributed by atoms with Gasteiger partial charge in [-0.1, -0.05) is 0 Å². The highest BCUT2D eigenvalue weighted by Gasteiger charge is 2.15. The first-order valence-electron chi connectivity index (χ1n) is 3.47. The van der Waals surface area contributed by atoms with Crippen LogP contribution in [0.3, 0.4) is 0 Å². The molecule has 0 atom stereocenters. The molecule has 2 amide bonds. The van der Waals surface area contributed by atoms with Crippen LogP contribution in [0, 0.1) is 0 Å². The molecule has 0 aliphatic carbocycles. The number of carbonyl (C=O) groups is 2. The lowest BCUT2D eigenvalue weighted by atomic mass is 10.4. The van der Waals surface area contributed by atoms with Crippen molar-refractivity contribution in [2.45, 2.75) is 19.9 Å². The van der Waals surface area contributed by atoms with Crippen molar-refractivity contribution in [2.24, 2.45) is 0 Å². The predicted octanol–water partition coefficient (Wildman–Crippen LogP) is -0.401. The molecule has 0 saturated carbocycles. The van der Waals surface area contributed by atoms with Gasteiger partial charge in [-0.25, -0.2) is 0 Å². The molecule has 4 nitrogen and oxygen atoms in total. The second kappa shape index (κ2) is 3.95. The summed E-state index contributed by atoms with van der Waals surface area (Å²) in [6, 6.07) is 0.00593. The van der Waals surface area contributed by atoms with Gasteiger partial charge in [-0.15, -0.1) is 0 Å². The van der Waals surface area contributed by atoms with Gasteiger partial charge in [0.05, 0.1) is 0 Å². The number of amides is 2. The Morgan fingerprint density at radius 1 is 1.27 bits per heavy atom. The van der Waals surface area contributed by atoms with E-state index in [0.29, 0.717) is 0 Å². The third-order valence-corrected chi connectivity index (χ3v) is 1.02. The van der Waals surface area contributed by atoms with Gasteiger partial charge in [0.25, 0.3) is 0 Å². The topological polar surface area (TPSA) is 49.4 Å². The predicted molar refractivity (Wildman–Crippen MR) is 42.0 cm³/mol. The van der Waals surface area contributed by atoms with Crippen molar-refractivity contribution in [3.8, 4) is 0 Å². The maximum Gasteiger partial charge on any atom is 0.311 e. The van der Waals surface area contributed by atoms with Gasteiger partial charge in [0.1, 0.15) is 0 Å². The van der Waals surface area contributed by atoms with Crippen LogP contribution in [0.15, 0.2) is 0 Å². The van der Waals surface area contributed by atoms with Gasteiger partial charge in [0, 0.05) is 20.1 Å². The van der Waals surface area contributed by atoms with Crippen molar-refractivity contribution in [1.82, 2.24) is 10.2 Å². The van der Waals surface area contributed by atoms with E-state index in [0.717, 1.165) is 0 Å². The van der Waals surface area contributed by atoms with E-state index in [1.807, 2.05) is 0 Å². The lowest BCUT2D eigenvalue weighted by Crippen LogP contribution is -2.42. The fourth-order valence-electron chi connectivity index (χ4n) is 0.527. The standard InChI is InChI=1S/C7H14N2O2/c1-5(2)8-6(10)7(11)9(3)4/h5H,1-4H3,(H,8,10). The van der Waals surface area contributed by atoms with E-state index in [1.54, 1.807) is 27.9 Å². The van der Waals surface area contributed by atoms with Crippen molar-refractivity contribution in [3.63, 3.8) is 0 Å². The average molecular weight is 158 g/mol. The van der Waals surface area contributed by atoms with Crippen LogP contribution in [0.1, 0.15) is 13.8 Å². The van der Waals surface area contributed by atoms with Crippen LogP contribution in [0.4, 0.5) is 0 Å². The first kappa shape index (κ1) is 9.94. The molecule has 0 radical (unpaired) electrons. The minimum atomic E-state index is -0.551. The fourth-order valence-corrected chi connectivity index (χ4v) is 0.527. The Bertz CT molecular complexity index is 164. The molecule has 0 unspecified atom stereocenters. The Labute approximate surface area is 66.6 Å².